The van der Waals surface area contributed by atoms with Crippen LogP contribution in [0.15, 0.2) is 23.4 Å². The number of benzene rings is 1. The van der Waals surface area contributed by atoms with Crippen LogP contribution in [0, 0.1) is 0 Å². The van der Waals surface area contributed by atoms with Gasteiger partial charge in [-0.05, 0) is 24.6 Å². The van der Waals surface area contributed by atoms with Gasteiger partial charge in [0.05, 0.1) is 10.0 Å². The number of rotatable bonds is 4. The van der Waals surface area contributed by atoms with Crippen LogP contribution in [0.25, 0.3) is 0 Å². The second-order valence-corrected chi connectivity index (χ2v) is 7.28. The molecule has 9 heteroatoms. The van der Waals surface area contributed by atoms with Gasteiger partial charge < -0.3 is 4.57 Å². The van der Waals surface area contributed by atoms with Crippen molar-refractivity contribution in [2.45, 2.75) is 25.0 Å². The lowest BCUT2D eigenvalue weighted by Gasteiger charge is -2.06. The molecule has 108 valence electrons. The third-order valence-electron chi connectivity index (χ3n) is 2.67. The quantitative estimate of drug-likeness (QED) is 0.791. The van der Waals surface area contributed by atoms with Crippen LogP contribution in [-0.2, 0) is 22.0 Å². The van der Waals surface area contributed by atoms with Crippen molar-refractivity contribution in [2.24, 2.45) is 0 Å². The van der Waals surface area contributed by atoms with E-state index in [9.17, 15) is 8.42 Å². The van der Waals surface area contributed by atoms with E-state index in [0.29, 0.717) is 28.8 Å². The fourth-order valence-electron chi connectivity index (χ4n) is 1.78. The Labute approximate surface area is 130 Å². The number of hydrogen-bond acceptors (Lipinski definition) is 4. The maximum Gasteiger partial charge on any atom is 0.296 e. The Kier molecular flexibility index (Phi) is 4.59. The topological polar surface area (TPSA) is 64.8 Å². The van der Waals surface area contributed by atoms with Crippen molar-refractivity contribution < 1.29 is 8.42 Å². The van der Waals surface area contributed by atoms with E-state index < -0.39 is 9.05 Å². The zero-order chi connectivity index (χ0) is 14.9. The van der Waals surface area contributed by atoms with Crippen LogP contribution < -0.4 is 0 Å². The predicted molar refractivity (Wildman–Crippen MR) is 78.0 cm³/mol. The zero-order valence-electron chi connectivity index (χ0n) is 10.3. The first-order valence-corrected chi connectivity index (χ1v) is 8.70. The number of nitrogens with zero attached hydrogens (tertiary/aromatic N) is 3. The average molecular weight is 355 g/mol. The van der Waals surface area contributed by atoms with Gasteiger partial charge in [-0.1, -0.05) is 29.3 Å². The van der Waals surface area contributed by atoms with E-state index in [-0.39, 0.29) is 5.16 Å². The SMILES string of the molecule is CCn1c(Cc2ccc(Cl)c(Cl)c2)nnc1S(=O)(=O)Cl. The van der Waals surface area contributed by atoms with Crippen molar-refractivity contribution in [1.82, 2.24) is 14.8 Å². The lowest BCUT2D eigenvalue weighted by Crippen LogP contribution is -2.08. The van der Waals surface area contributed by atoms with E-state index in [0.717, 1.165) is 5.56 Å². The second-order valence-electron chi connectivity index (χ2n) is 4.01. The Morgan fingerprint density at radius 2 is 1.90 bits per heavy atom. The van der Waals surface area contributed by atoms with Crippen LogP contribution in [0.5, 0.6) is 0 Å². The monoisotopic (exact) mass is 353 g/mol. The van der Waals surface area contributed by atoms with Gasteiger partial charge in [0.1, 0.15) is 5.82 Å². The molecule has 0 atom stereocenters. The van der Waals surface area contributed by atoms with Crippen molar-refractivity contribution in [1.29, 1.82) is 0 Å². The minimum atomic E-state index is -3.92. The van der Waals surface area contributed by atoms with Crippen LogP contribution in [0.4, 0.5) is 0 Å². The molecule has 20 heavy (non-hydrogen) atoms. The minimum Gasteiger partial charge on any atom is -0.301 e. The summed E-state index contributed by atoms with van der Waals surface area (Å²) >= 11 is 11.8. The first-order valence-electron chi connectivity index (χ1n) is 5.63. The molecule has 0 unspecified atom stereocenters. The van der Waals surface area contributed by atoms with E-state index in [1.165, 1.54) is 4.57 Å². The number of halogens is 3. The third kappa shape index (κ3) is 3.25. The van der Waals surface area contributed by atoms with Crippen LogP contribution >= 0.6 is 33.9 Å². The Balaban J connectivity index is 2.39. The summed E-state index contributed by atoms with van der Waals surface area (Å²) in [5.41, 5.74) is 0.847. The van der Waals surface area contributed by atoms with Gasteiger partial charge in [-0.2, -0.15) is 0 Å². The molecule has 0 spiro atoms. The van der Waals surface area contributed by atoms with Crippen LogP contribution in [0.3, 0.4) is 0 Å². The van der Waals surface area contributed by atoms with Gasteiger partial charge in [0.25, 0.3) is 14.2 Å². The first kappa shape index (κ1) is 15.6. The standard InChI is InChI=1S/C11H10Cl3N3O2S/c1-2-17-10(15-16-11(17)20(14,18)19)6-7-3-4-8(12)9(13)5-7/h3-5H,2,6H2,1H3. The summed E-state index contributed by atoms with van der Waals surface area (Å²) in [6, 6.07) is 5.16. The molecular formula is C11H10Cl3N3O2S. The smallest absolute Gasteiger partial charge is 0.296 e. The van der Waals surface area contributed by atoms with Crippen molar-refractivity contribution >= 4 is 42.9 Å². The minimum absolute atomic E-state index is 0.253. The normalized spacial score (nSPS) is 11.8. The molecule has 2 aromatic rings. The summed E-state index contributed by atoms with van der Waals surface area (Å²) in [4.78, 5) is 0. The molecule has 1 heterocycles. The Hall–Kier alpha value is -0.820. The summed E-state index contributed by atoms with van der Waals surface area (Å²) in [6.07, 6.45) is 0.379. The van der Waals surface area contributed by atoms with Crippen molar-refractivity contribution in [3.63, 3.8) is 0 Å². The lowest BCUT2D eigenvalue weighted by molar-refractivity contribution is 0.576. The second kappa shape index (κ2) is 5.89. The van der Waals surface area contributed by atoms with Crippen molar-refractivity contribution in [2.75, 3.05) is 0 Å². The molecule has 0 fully saturated rings. The molecule has 0 aliphatic carbocycles. The van der Waals surface area contributed by atoms with Gasteiger partial charge in [-0.3, -0.25) is 0 Å². The molecular weight excluding hydrogens is 345 g/mol. The maximum atomic E-state index is 11.4. The average Bonchev–Trinajstić information content (AvgIpc) is 2.76. The number of hydrogen-bond donors (Lipinski definition) is 0. The molecule has 5 nitrogen and oxygen atoms in total. The highest BCUT2D eigenvalue weighted by molar-refractivity contribution is 8.13. The first-order chi connectivity index (χ1) is 9.32. The van der Waals surface area contributed by atoms with Gasteiger partial charge in [0.2, 0.25) is 0 Å². The fraction of sp³-hybridized carbons (Fsp3) is 0.273. The van der Waals surface area contributed by atoms with E-state index >= 15 is 0 Å². The summed E-state index contributed by atoms with van der Waals surface area (Å²) in [6.45, 7) is 2.18. The van der Waals surface area contributed by atoms with E-state index in [2.05, 4.69) is 10.2 Å². The largest absolute Gasteiger partial charge is 0.301 e. The molecule has 0 saturated carbocycles. The van der Waals surface area contributed by atoms with Gasteiger partial charge in [0, 0.05) is 23.6 Å². The van der Waals surface area contributed by atoms with Crippen LogP contribution in [0.1, 0.15) is 18.3 Å². The predicted octanol–water partition coefficient (Wildman–Crippen LogP) is 3.12. The van der Waals surface area contributed by atoms with Crippen molar-refractivity contribution in [3.8, 4) is 0 Å². The molecule has 0 bridgehead atoms. The number of aromatic nitrogens is 3. The van der Waals surface area contributed by atoms with Gasteiger partial charge in [0.15, 0.2) is 0 Å². The summed E-state index contributed by atoms with van der Waals surface area (Å²) in [5.74, 6) is 0.491. The molecule has 0 radical (unpaired) electrons. The highest BCUT2D eigenvalue weighted by Crippen LogP contribution is 2.24. The molecule has 0 N–H and O–H groups in total. The van der Waals surface area contributed by atoms with E-state index in [1.54, 1.807) is 25.1 Å². The highest BCUT2D eigenvalue weighted by atomic mass is 35.7. The summed E-state index contributed by atoms with van der Waals surface area (Å²) < 4.78 is 24.2. The van der Waals surface area contributed by atoms with Gasteiger partial charge in [-0.25, -0.2) is 8.42 Å². The van der Waals surface area contributed by atoms with Crippen LogP contribution in [0.2, 0.25) is 10.0 Å². The Morgan fingerprint density at radius 3 is 2.45 bits per heavy atom. The molecule has 1 aromatic carbocycles. The van der Waals surface area contributed by atoms with Crippen LogP contribution in [-0.4, -0.2) is 23.2 Å². The molecule has 2 rings (SSSR count). The highest BCUT2D eigenvalue weighted by Gasteiger charge is 2.21. The van der Waals surface area contributed by atoms with E-state index in [4.69, 9.17) is 33.9 Å². The Morgan fingerprint density at radius 1 is 1.20 bits per heavy atom. The van der Waals surface area contributed by atoms with Gasteiger partial charge >= 0.3 is 0 Å². The molecule has 0 aliphatic rings. The Bertz CT molecular complexity index is 743. The maximum absolute atomic E-state index is 11.4. The van der Waals surface area contributed by atoms with E-state index in [1.807, 2.05) is 0 Å². The van der Waals surface area contributed by atoms with Crippen molar-refractivity contribution in [3.05, 3.63) is 39.6 Å². The molecule has 1 aromatic heterocycles. The fourth-order valence-corrected chi connectivity index (χ4v) is 3.08. The third-order valence-corrected chi connectivity index (χ3v) is 4.57. The summed E-state index contributed by atoms with van der Waals surface area (Å²) in [7, 11) is 1.40. The van der Waals surface area contributed by atoms with Gasteiger partial charge in [-0.15, -0.1) is 10.2 Å². The molecule has 0 saturated heterocycles. The lowest BCUT2D eigenvalue weighted by atomic mass is 10.1. The molecule has 0 amide bonds. The summed E-state index contributed by atoms with van der Waals surface area (Å²) in [5, 5.41) is 8.13. The zero-order valence-corrected chi connectivity index (χ0v) is 13.4. The molecule has 0 aliphatic heterocycles.